The molecular formula is C18H25NO3. The van der Waals surface area contributed by atoms with Crippen LogP contribution in [0.15, 0.2) is 24.3 Å². The van der Waals surface area contributed by atoms with Crippen molar-refractivity contribution in [1.29, 1.82) is 0 Å². The summed E-state index contributed by atoms with van der Waals surface area (Å²) in [6.45, 7) is 11.1. The van der Waals surface area contributed by atoms with Gasteiger partial charge in [-0.1, -0.05) is 29.8 Å². The van der Waals surface area contributed by atoms with Crippen LogP contribution in [-0.4, -0.2) is 35.3 Å². The highest BCUT2D eigenvalue weighted by atomic mass is 16.6. The van der Waals surface area contributed by atoms with E-state index in [9.17, 15) is 4.79 Å². The van der Waals surface area contributed by atoms with Gasteiger partial charge in [0.2, 0.25) is 0 Å². The molecule has 2 aliphatic rings. The maximum absolute atomic E-state index is 12.3. The molecule has 0 radical (unpaired) electrons. The van der Waals surface area contributed by atoms with Gasteiger partial charge in [0, 0.05) is 13.0 Å². The fourth-order valence-corrected chi connectivity index (χ4v) is 3.38. The summed E-state index contributed by atoms with van der Waals surface area (Å²) in [5.74, 6) is 0. The third kappa shape index (κ3) is 2.50. The molecule has 120 valence electrons. The molecular weight excluding hydrogens is 278 g/mol. The number of fused-ring (bicyclic) bond motifs is 1. The lowest BCUT2D eigenvalue weighted by Crippen LogP contribution is -2.48. The zero-order chi connectivity index (χ0) is 16.2. The Morgan fingerprint density at radius 3 is 2.45 bits per heavy atom. The zero-order valence-electron chi connectivity index (χ0n) is 14.1. The Morgan fingerprint density at radius 1 is 1.27 bits per heavy atom. The number of rotatable bonds is 1. The second-order valence-electron chi connectivity index (χ2n) is 7.68. The van der Waals surface area contributed by atoms with Crippen LogP contribution in [0.1, 0.15) is 45.2 Å². The first kappa shape index (κ1) is 15.3. The molecule has 22 heavy (non-hydrogen) atoms. The van der Waals surface area contributed by atoms with E-state index in [1.807, 2.05) is 20.8 Å². The summed E-state index contributed by atoms with van der Waals surface area (Å²) in [5, 5.41) is 0. The lowest BCUT2D eigenvalue weighted by atomic mass is 9.81. The van der Waals surface area contributed by atoms with Gasteiger partial charge < -0.3 is 14.4 Å². The van der Waals surface area contributed by atoms with Crippen LogP contribution >= 0.6 is 0 Å². The van der Waals surface area contributed by atoms with E-state index in [2.05, 4.69) is 38.1 Å². The van der Waals surface area contributed by atoms with Crippen LogP contribution in [0.4, 0.5) is 4.79 Å². The monoisotopic (exact) mass is 303 g/mol. The van der Waals surface area contributed by atoms with E-state index in [4.69, 9.17) is 9.47 Å². The Morgan fingerprint density at radius 2 is 1.91 bits per heavy atom. The minimum absolute atomic E-state index is 0.237. The minimum Gasteiger partial charge on any atom is -0.444 e. The van der Waals surface area contributed by atoms with E-state index in [1.54, 1.807) is 4.90 Å². The van der Waals surface area contributed by atoms with Gasteiger partial charge in [0.15, 0.2) is 0 Å². The highest BCUT2D eigenvalue weighted by molar-refractivity contribution is 5.69. The SMILES string of the molecule is Cc1ccc(C23CCN(C(=O)OC(C)(C)C)CC2(C)O3)cc1. The molecule has 2 fully saturated rings. The predicted molar refractivity (Wildman–Crippen MR) is 84.8 cm³/mol. The van der Waals surface area contributed by atoms with E-state index in [0.29, 0.717) is 13.1 Å². The molecule has 2 aliphatic heterocycles. The van der Waals surface area contributed by atoms with Crippen LogP contribution in [0, 0.1) is 6.92 Å². The molecule has 4 heteroatoms. The van der Waals surface area contributed by atoms with Crippen molar-refractivity contribution in [3.63, 3.8) is 0 Å². The van der Waals surface area contributed by atoms with Gasteiger partial charge in [0.1, 0.15) is 16.8 Å². The van der Waals surface area contributed by atoms with Crippen molar-refractivity contribution >= 4 is 6.09 Å². The Kier molecular flexibility index (Phi) is 3.29. The molecule has 1 aromatic rings. The molecule has 3 rings (SSSR count). The summed E-state index contributed by atoms with van der Waals surface area (Å²) >= 11 is 0. The first-order chi connectivity index (χ1) is 10.2. The number of benzene rings is 1. The molecule has 1 amide bonds. The first-order valence-corrected chi connectivity index (χ1v) is 7.91. The smallest absolute Gasteiger partial charge is 0.410 e. The topological polar surface area (TPSA) is 42.1 Å². The Labute approximate surface area is 132 Å². The first-order valence-electron chi connectivity index (χ1n) is 7.91. The van der Waals surface area contributed by atoms with Crippen LogP contribution < -0.4 is 0 Å². The molecule has 0 spiro atoms. The number of hydrogen-bond acceptors (Lipinski definition) is 3. The van der Waals surface area contributed by atoms with Crippen molar-refractivity contribution in [3.05, 3.63) is 35.4 Å². The van der Waals surface area contributed by atoms with Crippen LogP contribution in [-0.2, 0) is 15.1 Å². The Hall–Kier alpha value is -1.55. The van der Waals surface area contributed by atoms with Gasteiger partial charge in [-0.15, -0.1) is 0 Å². The Balaban J connectivity index is 1.73. The molecule has 4 nitrogen and oxygen atoms in total. The lowest BCUT2D eigenvalue weighted by Gasteiger charge is -2.34. The highest BCUT2D eigenvalue weighted by Crippen LogP contribution is 2.60. The van der Waals surface area contributed by atoms with Gasteiger partial charge >= 0.3 is 6.09 Å². The van der Waals surface area contributed by atoms with Gasteiger partial charge in [-0.2, -0.15) is 0 Å². The molecule has 0 saturated carbocycles. The maximum atomic E-state index is 12.3. The van der Waals surface area contributed by atoms with Crippen LogP contribution in [0.5, 0.6) is 0 Å². The predicted octanol–water partition coefficient (Wildman–Crippen LogP) is 3.62. The standard InChI is InChI=1S/C18H25NO3/c1-13-6-8-14(9-7-13)18-10-11-19(12-17(18,5)22-18)15(20)21-16(2,3)4/h6-9H,10-12H2,1-5H3. The van der Waals surface area contributed by atoms with E-state index in [-0.39, 0.29) is 17.3 Å². The number of aryl methyl sites for hydroxylation is 1. The maximum Gasteiger partial charge on any atom is 0.410 e. The summed E-state index contributed by atoms with van der Waals surface area (Å²) in [7, 11) is 0. The van der Waals surface area contributed by atoms with Gasteiger partial charge in [0.05, 0.1) is 6.54 Å². The van der Waals surface area contributed by atoms with Gasteiger partial charge in [-0.3, -0.25) is 0 Å². The van der Waals surface area contributed by atoms with E-state index in [1.165, 1.54) is 11.1 Å². The van der Waals surface area contributed by atoms with E-state index < -0.39 is 5.60 Å². The number of epoxide rings is 1. The average Bonchev–Trinajstić information content (AvgIpc) is 3.03. The molecule has 2 saturated heterocycles. The van der Waals surface area contributed by atoms with Crippen molar-refractivity contribution in [2.45, 2.75) is 57.8 Å². The fourth-order valence-electron chi connectivity index (χ4n) is 3.38. The lowest BCUT2D eigenvalue weighted by molar-refractivity contribution is 0.0184. The number of hydrogen-bond donors (Lipinski definition) is 0. The van der Waals surface area contributed by atoms with E-state index in [0.717, 1.165) is 6.42 Å². The van der Waals surface area contributed by atoms with Gasteiger partial charge in [0.25, 0.3) is 0 Å². The third-order valence-corrected chi connectivity index (χ3v) is 4.61. The molecule has 0 bridgehead atoms. The number of likely N-dealkylation sites (tertiary alicyclic amines) is 1. The number of carbonyl (C=O) groups is 1. The fraction of sp³-hybridized carbons (Fsp3) is 0.611. The molecule has 2 atom stereocenters. The van der Waals surface area contributed by atoms with Crippen LogP contribution in [0.2, 0.25) is 0 Å². The number of nitrogens with zero attached hydrogens (tertiary/aromatic N) is 1. The van der Waals surface area contributed by atoms with Gasteiger partial charge in [-0.25, -0.2) is 4.79 Å². The molecule has 2 unspecified atom stereocenters. The number of piperidine rings is 1. The summed E-state index contributed by atoms with van der Waals surface area (Å²) in [5.41, 5.74) is 1.45. The average molecular weight is 303 g/mol. The number of ether oxygens (including phenoxy) is 2. The summed E-state index contributed by atoms with van der Waals surface area (Å²) in [6.07, 6.45) is 0.563. The molecule has 2 heterocycles. The van der Waals surface area contributed by atoms with Crippen LogP contribution in [0.3, 0.4) is 0 Å². The third-order valence-electron chi connectivity index (χ3n) is 4.61. The second kappa shape index (κ2) is 4.72. The quantitative estimate of drug-likeness (QED) is 0.744. The number of amides is 1. The van der Waals surface area contributed by atoms with Gasteiger partial charge in [-0.05, 0) is 40.2 Å². The summed E-state index contributed by atoms with van der Waals surface area (Å²) < 4.78 is 11.6. The van der Waals surface area contributed by atoms with Crippen molar-refractivity contribution in [3.8, 4) is 0 Å². The molecule has 0 aromatic heterocycles. The molecule has 1 aromatic carbocycles. The van der Waals surface area contributed by atoms with E-state index >= 15 is 0 Å². The normalized spacial score (nSPS) is 30.7. The molecule has 0 aliphatic carbocycles. The summed E-state index contributed by atoms with van der Waals surface area (Å²) in [4.78, 5) is 14.0. The van der Waals surface area contributed by atoms with Crippen molar-refractivity contribution in [1.82, 2.24) is 4.90 Å². The summed E-state index contributed by atoms with van der Waals surface area (Å²) in [6, 6.07) is 8.52. The molecule has 0 N–H and O–H groups in total. The van der Waals surface area contributed by atoms with Crippen molar-refractivity contribution < 1.29 is 14.3 Å². The minimum atomic E-state index is -0.464. The zero-order valence-corrected chi connectivity index (χ0v) is 14.1. The Bertz CT molecular complexity index is 589. The van der Waals surface area contributed by atoms with Crippen LogP contribution in [0.25, 0.3) is 0 Å². The number of carbonyl (C=O) groups excluding carboxylic acids is 1. The second-order valence-corrected chi connectivity index (χ2v) is 7.68. The van der Waals surface area contributed by atoms with Crippen molar-refractivity contribution in [2.75, 3.05) is 13.1 Å². The van der Waals surface area contributed by atoms with Crippen molar-refractivity contribution in [2.24, 2.45) is 0 Å². The highest BCUT2D eigenvalue weighted by Gasteiger charge is 2.70. The largest absolute Gasteiger partial charge is 0.444 e.